The number of aryl methyl sites for hydroxylation is 2. The van der Waals surface area contributed by atoms with Gasteiger partial charge in [0.15, 0.2) is 6.61 Å². The van der Waals surface area contributed by atoms with Crippen molar-refractivity contribution in [1.82, 2.24) is 5.32 Å². The van der Waals surface area contributed by atoms with Crippen LogP contribution in [0.15, 0.2) is 12.1 Å². The molecule has 0 atom stereocenters. The number of rotatable bonds is 4. The van der Waals surface area contributed by atoms with Crippen LogP contribution < -0.4 is 10.1 Å². The van der Waals surface area contributed by atoms with Gasteiger partial charge in [0.2, 0.25) is 0 Å². The first kappa shape index (κ1) is 14.5. The van der Waals surface area contributed by atoms with E-state index in [1.165, 1.54) is 5.56 Å². The minimum atomic E-state index is 0.0985. The molecule has 0 unspecified atom stereocenters. The fourth-order valence-corrected chi connectivity index (χ4v) is 1.84. The fraction of sp³-hybridized carbons (Fsp3) is 0.533. The molecule has 0 heterocycles. The summed E-state index contributed by atoms with van der Waals surface area (Å²) in [6, 6.07) is 6.21. The zero-order valence-electron chi connectivity index (χ0n) is 11.9. The van der Waals surface area contributed by atoms with Gasteiger partial charge in [0.25, 0.3) is 0 Å². The summed E-state index contributed by atoms with van der Waals surface area (Å²) in [6.45, 7) is 11.4. The lowest BCUT2D eigenvalue weighted by molar-refractivity contribution is 0.362. The van der Waals surface area contributed by atoms with Crippen LogP contribution >= 0.6 is 0 Å². The average molecular weight is 246 g/mol. The molecule has 3 nitrogen and oxygen atoms in total. The van der Waals surface area contributed by atoms with Gasteiger partial charge in [0.05, 0.1) is 0 Å². The molecule has 0 bridgehead atoms. The molecule has 0 aliphatic rings. The van der Waals surface area contributed by atoms with E-state index in [1.54, 1.807) is 0 Å². The molecule has 0 spiro atoms. The van der Waals surface area contributed by atoms with Crippen molar-refractivity contribution in [2.24, 2.45) is 0 Å². The van der Waals surface area contributed by atoms with E-state index in [-0.39, 0.29) is 12.1 Å². The molecule has 0 saturated carbocycles. The van der Waals surface area contributed by atoms with E-state index in [9.17, 15) is 0 Å². The van der Waals surface area contributed by atoms with Gasteiger partial charge in [-0.05, 0) is 51.3 Å². The predicted molar refractivity (Wildman–Crippen MR) is 73.6 cm³/mol. The maximum Gasteiger partial charge on any atom is 0.174 e. The molecule has 98 valence electrons. The molecular weight excluding hydrogens is 224 g/mol. The normalized spacial score (nSPS) is 11.1. The van der Waals surface area contributed by atoms with Crippen LogP contribution in [0.3, 0.4) is 0 Å². The highest BCUT2D eigenvalue weighted by Gasteiger charge is 2.10. The van der Waals surface area contributed by atoms with E-state index < -0.39 is 0 Å². The van der Waals surface area contributed by atoms with E-state index in [0.29, 0.717) is 0 Å². The van der Waals surface area contributed by atoms with Gasteiger partial charge < -0.3 is 10.1 Å². The van der Waals surface area contributed by atoms with Crippen molar-refractivity contribution >= 4 is 0 Å². The van der Waals surface area contributed by atoms with Gasteiger partial charge in [-0.25, -0.2) is 0 Å². The highest BCUT2D eigenvalue weighted by atomic mass is 16.5. The quantitative estimate of drug-likeness (QED) is 0.888. The smallest absolute Gasteiger partial charge is 0.174 e. The maximum atomic E-state index is 8.55. The minimum absolute atomic E-state index is 0.0985. The Bertz CT molecular complexity index is 430. The van der Waals surface area contributed by atoms with Crippen molar-refractivity contribution in [1.29, 1.82) is 5.26 Å². The number of nitrogens with zero attached hydrogens (tertiary/aromatic N) is 1. The van der Waals surface area contributed by atoms with Crippen LogP contribution in [0.4, 0.5) is 0 Å². The van der Waals surface area contributed by atoms with E-state index in [4.69, 9.17) is 10.00 Å². The Hall–Kier alpha value is -1.53. The second-order valence-electron chi connectivity index (χ2n) is 5.61. The highest BCUT2D eigenvalue weighted by molar-refractivity contribution is 5.43. The number of nitriles is 1. The molecule has 0 aromatic heterocycles. The van der Waals surface area contributed by atoms with Crippen molar-refractivity contribution in [2.75, 3.05) is 6.61 Å². The predicted octanol–water partition coefficient (Wildman–Crippen LogP) is 3.09. The number of nitrogens with one attached hydrogen (secondary N) is 1. The van der Waals surface area contributed by atoms with Gasteiger partial charge in [-0.2, -0.15) is 5.26 Å². The van der Waals surface area contributed by atoms with Crippen molar-refractivity contribution < 1.29 is 4.74 Å². The summed E-state index contributed by atoms with van der Waals surface area (Å²) in [5.74, 6) is 0.830. The molecule has 0 aliphatic carbocycles. The molecule has 0 radical (unpaired) electrons. The number of benzene rings is 1. The average Bonchev–Trinajstić information content (AvgIpc) is 2.24. The van der Waals surface area contributed by atoms with Gasteiger partial charge >= 0.3 is 0 Å². The summed E-state index contributed by atoms with van der Waals surface area (Å²) in [5.41, 5.74) is 3.51. The van der Waals surface area contributed by atoms with Crippen molar-refractivity contribution in [3.05, 3.63) is 28.8 Å². The van der Waals surface area contributed by atoms with Crippen LogP contribution in [0.2, 0.25) is 0 Å². The van der Waals surface area contributed by atoms with Gasteiger partial charge in [-0.3, -0.25) is 0 Å². The zero-order chi connectivity index (χ0) is 13.8. The Morgan fingerprint density at radius 1 is 1.22 bits per heavy atom. The number of hydrogen-bond acceptors (Lipinski definition) is 3. The SMILES string of the molecule is Cc1cc(CNC(C)(C)C)cc(C)c1OCC#N. The molecule has 1 N–H and O–H groups in total. The topological polar surface area (TPSA) is 45.0 Å². The third-order valence-electron chi connectivity index (χ3n) is 2.62. The lowest BCUT2D eigenvalue weighted by atomic mass is 10.0. The van der Waals surface area contributed by atoms with Crippen LogP contribution in [-0.2, 0) is 6.54 Å². The molecule has 0 amide bonds. The molecule has 0 aliphatic heterocycles. The number of ether oxygens (including phenoxy) is 1. The van der Waals surface area contributed by atoms with E-state index >= 15 is 0 Å². The van der Waals surface area contributed by atoms with Crippen LogP contribution in [0.25, 0.3) is 0 Å². The first-order valence-corrected chi connectivity index (χ1v) is 6.18. The first-order chi connectivity index (χ1) is 8.33. The molecular formula is C15H22N2O. The summed E-state index contributed by atoms with van der Waals surface area (Å²) < 4.78 is 5.44. The minimum Gasteiger partial charge on any atom is -0.478 e. The summed E-state index contributed by atoms with van der Waals surface area (Å²) in [6.07, 6.45) is 0. The summed E-state index contributed by atoms with van der Waals surface area (Å²) >= 11 is 0. The van der Waals surface area contributed by atoms with Crippen molar-refractivity contribution in [3.8, 4) is 11.8 Å². The largest absolute Gasteiger partial charge is 0.478 e. The van der Waals surface area contributed by atoms with Crippen LogP contribution in [0, 0.1) is 25.2 Å². The first-order valence-electron chi connectivity index (χ1n) is 6.18. The van der Waals surface area contributed by atoms with Crippen LogP contribution in [0.1, 0.15) is 37.5 Å². The lowest BCUT2D eigenvalue weighted by Gasteiger charge is -2.21. The Labute approximate surface area is 110 Å². The van der Waals surface area contributed by atoms with Crippen LogP contribution in [0.5, 0.6) is 5.75 Å². The molecule has 1 aromatic carbocycles. The molecule has 1 aromatic rings. The zero-order valence-corrected chi connectivity index (χ0v) is 11.9. The Morgan fingerprint density at radius 2 is 1.78 bits per heavy atom. The molecule has 18 heavy (non-hydrogen) atoms. The summed E-state index contributed by atoms with van der Waals surface area (Å²) in [5, 5.41) is 12.0. The van der Waals surface area contributed by atoms with Crippen molar-refractivity contribution in [2.45, 2.75) is 46.7 Å². The molecule has 0 fully saturated rings. The van der Waals surface area contributed by atoms with E-state index in [0.717, 1.165) is 23.4 Å². The van der Waals surface area contributed by atoms with Gasteiger partial charge in [0, 0.05) is 12.1 Å². The fourth-order valence-electron chi connectivity index (χ4n) is 1.84. The maximum absolute atomic E-state index is 8.55. The number of hydrogen-bond donors (Lipinski definition) is 1. The van der Waals surface area contributed by atoms with Gasteiger partial charge in [-0.1, -0.05) is 12.1 Å². The lowest BCUT2D eigenvalue weighted by Crippen LogP contribution is -2.35. The third kappa shape index (κ3) is 4.38. The van der Waals surface area contributed by atoms with Crippen LogP contribution in [-0.4, -0.2) is 12.1 Å². The Kier molecular flexibility index (Phi) is 4.75. The van der Waals surface area contributed by atoms with Gasteiger partial charge in [0.1, 0.15) is 11.8 Å². The third-order valence-corrected chi connectivity index (χ3v) is 2.62. The van der Waals surface area contributed by atoms with E-state index in [1.807, 2.05) is 19.9 Å². The van der Waals surface area contributed by atoms with Crippen molar-refractivity contribution in [3.63, 3.8) is 0 Å². The molecule has 1 rings (SSSR count). The van der Waals surface area contributed by atoms with Gasteiger partial charge in [-0.15, -0.1) is 0 Å². The Balaban J connectivity index is 2.83. The molecule has 0 saturated heterocycles. The standard InChI is InChI=1S/C15H22N2O/c1-11-8-13(10-17-15(3,4)5)9-12(2)14(11)18-7-6-16/h8-9,17H,7,10H2,1-5H3. The second kappa shape index (κ2) is 5.88. The highest BCUT2D eigenvalue weighted by Crippen LogP contribution is 2.25. The monoisotopic (exact) mass is 246 g/mol. The van der Waals surface area contributed by atoms with E-state index in [2.05, 4.69) is 38.2 Å². The Morgan fingerprint density at radius 3 is 2.22 bits per heavy atom. The summed E-state index contributed by atoms with van der Waals surface area (Å²) in [4.78, 5) is 0. The molecule has 3 heteroatoms. The summed E-state index contributed by atoms with van der Waals surface area (Å²) in [7, 11) is 0. The second-order valence-corrected chi connectivity index (χ2v) is 5.61.